The van der Waals surface area contributed by atoms with E-state index in [1.54, 1.807) is 19.2 Å². The Bertz CT molecular complexity index is 1070. The monoisotopic (exact) mass is 420 g/mol. The lowest BCUT2D eigenvalue weighted by Gasteiger charge is -2.41. The van der Waals surface area contributed by atoms with E-state index < -0.39 is 5.97 Å². The molecule has 1 aromatic heterocycles. The minimum absolute atomic E-state index is 0.254. The Hall–Kier alpha value is -2.79. The van der Waals surface area contributed by atoms with E-state index in [-0.39, 0.29) is 6.04 Å². The third-order valence-electron chi connectivity index (χ3n) is 6.93. The van der Waals surface area contributed by atoms with E-state index in [4.69, 9.17) is 4.74 Å². The number of nitrogens with zero attached hydrogens (tertiary/aromatic N) is 1. The number of H-pyrrole nitrogens is 1. The number of methoxy groups -OCH3 is 1. The third-order valence-corrected chi connectivity index (χ3v) is 6.93. The Morgan fingerprint density at radius 2 is 2.00 bits per heavy atom. The van der Waals surface area contributed by atoms with Crippen molar-refractivity contribution < 1.29 is 14.6 Å². The average molecular weight is 421 g/mol. The van der Waals surface area contributed by atoms with Crippen LogP contribution >= 0.6 is 0 Å². The Kier molecular flexibility index (Phi) is 6.05. The summed E-state index contributed by atoms with van der Waals surface area (Å²) >= 11 is 0. The highest BCUT2D eigenvalue weighted by Crippen LogP contribution is 2.40. The molecular weight excluding hydrogens is 388 g/mol. The van der Waals surface area contributed by atoms with Gasteiger partial charge in [-0.1, -0.05) is 26.0 Å². The molecule has 4 rings (SSSR count). The molecule has 1 aliphatic rings. The maximum atomic E-state index is 11.3. The molecule has 3 aromatic rings. The second-order valence-electron chi connectivity index (χ2n) is 9.08. The summed E-state index contributed by atoms with van der Waals surface area (Å²) < 4.78 is 5.78. The average Bonchev–Trinajstić information content (AvgIpc) is 3.26. The molecule has 1 aliphatic heterocycles. The Balaban J connectivity index is 1.70. The zero-order chi connectivity index (χ0) is 22.1. The van der Waals surface area contributed by atoms with Gasteiger partial charge in [-0.3, -0.25) is 4.90 Å². The molecule has 1 fully saturated rings. The molecule has 2 atom stereocenters. The van der Waals surface area contributed by atoms with Crippen LogP contribution in [0.1, 0.15) is 59.8 Å². The van der Waals surface area contributed by atoms with Crippen molar-refractivity contribution in [1.29, 1.82) is 0 Å². The van der Waals surface area contributed by atoms with Crippen molar-refractivity contribution >= 4 is 16.9 Å². The third kappa shape index (κ3) is 4.19. The first-order valence-corrected chi connectivity index (χ1v) is 11.1. The van der Waals surface area contributed by atoms with Crippen molar-refractivity contribution in [3.05, 3.63) is 64.8 Å². The number of fused-ring (bicyclic) bond motifs is 1. The molecule has 31 heavy (non-hydrogen) atoms. The SMILES string of the molecule is COc1cc(C)c2[nH]ccc2c1CN1CC[C@H](C(C)C)C[C@H]1c1ccc(C(=O)O)cc1. The number of likely N-dealkylation sites (tertiary alicyclic amines) is 1. The summed E-state index contributed by atoms with van der Waals surface area (Å²) in [4.78, 5) is 17.2. The van der Waals surface area contributed by atoms with Gasteiger partial charge in [-0.15, -0.1) is 0 Å². The molecule has 5 nitrogen and oxygen atoms in total. The van der Waals surface area contributed by atoms with Crippen LogP contribution in [0.3, 0.4) is 0 Å². The molecule has 0 saturated carbocycles. The fraction of sp³-hybridized carbons (Fsp3) is 0.423. The first-order chi connectivity index (χ1) is 14.9. The molecule has 0 spiro atoms. The van der Waals surface area contributed by atoms with E-state index in [9.17, 15) is 9.90 Å². The summed E-state index contributed by atoms with van der Waals surface area (Å²) in [7, 11) is 1.74. The smallest absolute Gasteiger partial charge is 0.335 e. The number of aryl methyl sites for hydroxylation is 1. The number of rotatable bonds is 6. The number of hydrogen-bond acceptors (Lipinski definition) is 3. The molecular formula is C26H32N2O3. The summed E-state index contributed by atoms with van der Waals surface area (Å²) in [5, 5.41) is 10.5. The predicted molar refractivity (Wildman–Crippen MR) is 124 cm³/mol. The fourth-order valence-corrected chi connectivity index (χ4v) is 5.01. The quantitative estimate of drug-likeness (QED) is 0.529. The van der Waals surface area contributed by atoms with Crippen LogP contribution in [0.15, 0.2) is 42.6 Å². The standard InChI is InChI=1S/C26H32N2O3/c1-16(2)20-10-12-28(23(14-20)18-5-7-19(8-6-18)26(29)30)15-22-21-9-11-27-25(21)17(3)13-24(22)31-4/h5-9,11,13,16,20,23,27H,10,12,14-15H2,1-4H3,(H,29,30)/t20-,23-/m0/s1. The molecule has 0 aliphatic carbocycles. The number of hydrogen-bond donors (Lipinski definition) is 2. The lowest BCUT2D eigenvalue weighted by atomic mass is 9.80. The number of aromatic nitrogens is 1. The van der Waals surface area contributed by atoms with Crippen molar-refractivity contribution in [2.45, 2.75) is 46.2 Å². The Morgan fingerprint density at radius 3 is 2.65 bits per heavy atom. The number of aromatic amines is 1. The Morgan fingerprint density at radius 1 is 1.26 bits per heavy atom. The summed E-state index contributed by atoms with van der Waals surface area (Å²) in [5.74, 6) is 1.34. The van der Waals surface area contributed by atoms with Gasteiger partial charge >= 0.3 is 5.97 Å². The number of carboxylic acids is 1. The minimum atomic E-state index is -0.883. The van der Waals surface area contributed by atoms with Crippen LogP contribution in [0, 0.1) is 18.8 Å². The zero-order valence-corrected chi connectivity index (χ0v) is 18.8. The van der Waals surface area contributed by atoms with Crippen LogP contribution in [0.5, 0.6) is 5.75 Å². The van der Waals surface area contributed by atoms with Crippen molar-refractivity contribution in [3.63, 3.8) is 0 Å². The maximum Gasteiger partial charge on any atom is 0.335 e. The zero-order valence-electron chi connectivity index (χ0n) is 18.8. The van der Waals surface area contributed by atoms with E-state index in [1.807, 2.05) is 18.3 Å². The minimum Gasteiger partial charge on any atom is -0.496 e. The second kappa shape index (κ2) is 8.75. The summed E-state index contributed by atoms with van der Waals surface area (Å²) in [5.41, 5.74) is 5.07. The van der Waals surface area contributed by atoms with E-state index in [2.05, 4.69) is 42.8 Å². The van der Waals surface area contributed by atoms with Gasteiger partial charge in [0.15, 0.2) is 0 Å². The van der Waals surface area contributed by atoms with Crippen LogP contribution in [0.2, 0.25) is 0 Å². The van der Waals surface area contributed by atoms with E-state index in [0.29, 0.717) is 17.4 Å². The van der Waals surface area contributed by atoms with Gasteiger partial charge in [0.2, 0.25) is 0 Å². The second-order valence-corrected chi connectivity index (χ2v) is 9.08. The molecule has 164 valence electrons. The van der Waals surface area contributed by atoms with Crippen LogP contribution in [0.25, 0.3) is 10.9 Å². The number of carbonyl (C=O) groups is 1. The Labute approximate surface area is 184 Å². The van der Waals surface area contributed by atoms with Gasteiger partial charge in [-0.25, -0.2) is 4.79 Å². The number of aromatic carboxylic acids is 1. The first-order valence-electron chi connectivity index (χ1n) is 11.1. The number of carboxylic acid groups (broad SMARTS) is 1. The van der Waals surface area contributed by atoms with Crippen LogP contribution < -0.4 is 4.74 Å². The van der Waals surface area contributed by atoms with E-state index >= 15 is 0 Å². The van der Waals surface area contributed by atoms with Gasteiger partial charge in [-0.05, 0) is 73.5 Å². The van der Waals surface area contributed by atoms with E-state index in [1.165, 1.54) is 28.5 Å². The van der Waals surface area contributed by atoms with Crippen LogP contribution in [-0.4, -0.2) is 34.6 Å². The molecule has 2 heterocycles. The van der Waals surface area contributed by atoms with Gasteiger partial charge in [0.25, 0.3) is 0 Å². The molecule has 0 unspecified atom stereocenters. The number of ether oxygens (including phenoxy) is 1. The van der Waals surface area contributed by atoms with Crippen molar-refractivity contribution in [1.82, 2.24) is 9.88 Å². The van der Waals surface area contributed by atoms with Crippen molar-refractivity contribution in [3.8, 4) is 5.75 Å². The fourth-order valence-electron chi connectivity index (χ4n) is 5.01. The topological polar surface area (TPSA) is 65.6 Å². The van der Waals surface area contributed by atoms with E-state index in [0.717, 1.165) is 30.8 Å². The van der Waals surface area contributed by atoms with Crippen LogP contribution in [0.4, 0.5) is 0 Å². The highest BCUT2D eigenvalue weighted by Gasteiger charge is 2.32. The molecule has 5 heteroatoms. The van der Waals surface area contributed by atoms with Gasteiger partial charge < -0.3 is 14.8 Å². The molecule has 1 saturated heterocycles. The molecule has 0 bridgehead atoms. The summed E-state index contributed by atoms with van der Waals surface area (Å²) in [6.45, 7) is 8.52. The molecule has 2 N–H and O–H groups in total. The maximum absolute atomic E-state index is 11.3. The first kappa shape index (κ1) is 21.4. The van der Waals surface area contributed by atoms with Gasteiger partial charge in [0.1, 0.15) is 5.75 Å². The number of nitrogens with one attached hydrogen (secondary N) is 1. The summed E-state index contributed by atoms with van der Waals surface area (Å²) in [6, 6.07) is 11.9. The molecule has 2 aromatic carbocycles. The van der Waals surface area contributed by atoms with Crippen molar-refractivity contribution in [2.24, 2.45) is 11.8 Å². The highest BCUT2D eigenvalue weighted by atomic mass is 16.5. The molecule has 0 amide bonds. The van der Waals surface area contributed by atoms with Gasteiger partial charge in [-0.2, -0.15) is 0 Å². The van der Waals surface area contributed by atoms with Crippen LogP contribution in [-0.2, 0) is 6.54 Å². The number of piperidine rings is 1. The largest absolute Gasteiger partial charge is 0.496 e. The molecule has 0 radical (unpaired) electrons. The highest BCUT2D eigenvalue weighted by molar-refractivity contribution is 5.88. The van der Waals surface area contributed by atoms with Crippen molar-refractivity contribution in [2.75, 3.05) is 13.7 Å². The predicted octanol–water partition coefficient (Wildman–Crippen LogP) is 5.79. The van der Waals surface area contributed by atoms with Gasteiger partial charge in [0, 0.05) is 35.2 Å². The normalized spacial score (nSPS) is 19.8. The van der Waals surface area contributed by atoms with Gasteiger partial charge in [0.05, 0.1) is 12.7 Å². The lowest BCUT2D eigenvalue weighted by Crippen LogP contribution is -2.38. The number of benzene rings is 2. The summed E-state index contributed by atoms with van der Waals surface area (Å²) in [6.07, 6.45) is 4.24. The lowest BCUT2D eigenvalue weighted by molar-refractivity contribution is 0.0696.